The third-order valence-corrected chi connectivity index (χ3v) is 9.02. The number of aryl methyl sites for hydroxylation is 1. The molecule has 0 unspecified atom stereocenters. The minimum Gasteiger partial charge on any atom is -0.456 e. The predicted molar refractivity (Wildman–Crippen MR) is 190 cm³/mol. The molecule has 0 atom stereocenters. The van der Waals surface area contributed by atoms with Crippen LogP contribution in [0.5, 0.6) is 0 Å². The van der Waals surface area contributed by atoms with Gasteiger partial charge in [0.2, 0.25) is 0 Å². The van der Waals surface area contributed by atoms with E-state index >= 15 is 0 Å². The molecule has 0 aliphatic heterocycles. The van der Waals surface area contributed by atoms with E-state index in [2.05, 4.69) is 109 Å². The maximum Gasteiger partial charge on any atom is 0.136 e. The fourth-order valence-corrected chi connectivity index (χ4v) is 7.14. The second-order valence-electron chi connectivity index (χ2n) is 11.5. The maximum absolute atomic E-state index is 8.98. The van der Waals surface area contributed by atoms with Crippen molar-refractivity contribution in [3.8, 4) is 44.5 Å². The first kappa shape index (κ1) is 21.1. The molecule has 0 saturated heterocycles. The molecule has 212 valence electrons. The van der Waals surface area contributed by atoms with Crippen LogP contribution in [0, 0.1) is 0 Å². The van der Waals surface area contributed by atoms with Gasteiger partial charge in [0.25, 0.3) is 0 Å². The van der Waals surface area contributed by atoms with Crippen LogP contribution in [-0.4, -0.2) is 0 Å². The van der Waals surface area contributed by atoms with Gasteiger partial charge < -0.3 is 4.42 Å². The van der Waals surface area contributed by atoms with Crippen LogP contribution in [0.3, 0.4) is 0 Å². The molecule has 1 heterocycles. The van der Waals surface area contributed by atoms with Crippen molar-refractivity contribution in [3.63, 3.8) is 0 Å². The van der Waals surface area contributed by atoms with Gasteiger partial charge in [-0.15, -0.1) is 0 Å². The number of hydrogen-bond donors (Lipinski definition) is 0. The summed E-state index contributed by atoms with van der Waals surface area (Å²) < 4.78 is 49.8. The van der Waals surface area contributed by atoms with E-state index in [0.717, 1.165) is 84.5 Å². The summed E-state index contributed by atoms with van der Waals surface area (Å²) in [5.74, 6) is 0.750. The third kappa shape index (κ3) is 4.16. The highest BCUT2D eigenvalue weighted by atomic mass is 16.3. The van der Waals surface area contributed by atoms with E-state index in [-0.39, 0.29) is 29.7 Å². The fourth-order valence-electron chi connectivity index (χ4n) is 7.14. The van der Waals surface area contributed by atoms with Gasteiger partial charge >= 0.3 is 0 Å². The zero-order valence-corrected chi connectivity index (χ0v) is 24.4. The van der Waals surface area contributed by atoms with Gasteiger partial charge in [-0.05, 0) is 97.1 Å². The summed E-state index contributed by atoms with van der Waals surface area (Å²) >= 11 is 0. The highest BCUT2D eigenvalue weighted by Gasteiger charge is 2.23. The lowest BCUT2D eigenvalue weighted by Gasteiger charge is -2.20. The molecule has 9 rings (SSSR count). The summed E-state index contributed by atoms with van der Waals surface area (Å²) in [6.45, 7) is 0. The molecule has 0 fully saturated rings. The molecule has 45 heavy (non-hydrogen) atoms. The fraction of sp³-hybridized carbons (Fsp3) is 0.0455. The maximum atomic E-state index is 8.98. The molecule has 8 aromatic rings. The first-order valence-corrected chi connectivity index (χ1v) is 15.3. The van der Waals surface area contributed by atoms with Crippen molar-refractivity contribution >= 4 is 38.6 Å². The molecule has 1 aliphatic carbocycles. The molecule has 1 aliphatic rings. The lowest BCUT2D eigenvalue weighted by molar-refractivity contribution is 0.595. The van der Waals surface area contributed by atoms with Gasteiger partial charge in [-0.3, -0.25) is 0 Å². The topological polar surface area (TPSA) is 13.1 Å². The first-order valence-electron chi connectivity index (χ1n) is 17.8. The predicted octanol–water partition coefficient (Wildman–Crippen LogP) is 12.4. The number of furan rings is 1. The lowest BCUT2D eigenvalue weighted by atomic mass is 9.83. The van der Waals surface area contributed by atoms with E-state index < -0.39 is 6.04 Å². The molecule has 0 spiro atoms. The van der Waals surface area contributed by atoms with E-state index in [1.165, 1.54) is 0 Å². The average molecular weight is 580 g/mol. The summed E-state index contributed by atoms with van der Waals surface area (Å²) in [6, 6.07) is 38.4. The normalized spacial score (nSPS) is 14.2. The van der Waals surface area contributed by atoms with E-state index in [4.69, 9.17) is 11.3 Å². The smallest absolute Gasteiger partial charge is 0.136 e. The Bertz CT molecular complexity index is 2620. The average Bonchev–Trinajstić information content (AvgIpc) is 3.54. The van der Waals surface area contributed by atoms with E-state index in [9.17, 15) is 0 Å². The molecule has 0 amide bonds. The van der Waals surface area contributed by atoms with Crippen LogP contribution in [0.1, 0.15) is 24.6 Å². The minimum atomic E-state index is -0.406. The SMILES string of the molecule is [2H]c1c([2H])c([2H])c(-c2cc(-c3c4ccccc4c(-c4ccccc4-c4ccccc4)c4ccccc34)cc3oc4c(c23)CCC=C4)c([2H])c1[2H]. The summed E-state index contributed by atoms with van der Waals surface area (Å²) in [5.41, 5.74) is 8.82. The van der Waals surface area contributed by atoms with Crippen LogP contribution in [-0.2, 0) is 6.42 Å². The van der Waals surface area contributed by atoms with Crippen molar-refractivity contribution in [1.29, 1.82) is 0 Å². The van der Waals surface area contributed by atoms with Crippen LogP contribution in [0.2, 0.25) is 0 Å². The quantitative estimate of drug-likeness (QED) is 0.189. The highest BCUT2D eigenvalue weighted by Crippen LogP contribution is 2.48. The van der Waals surface area contributed by atoms with Gasteiger partial charge in [0.05, 0.1) is 6.85 Å². The molecule has 1 heteroatoms. The highest BCUT2D eigenvalue weighted by molar-refractivity contribution is 6.23. The Morgan fingerprint density at radius 3 is 1.87 bits per heavy atom. The molecule has 1 aromatic heterocycles. The Morgan fingerprint density at radius 2 is 1.16 bits per heavy atom. The molecule has 1 nitrogen and oxygen atoms in total. The van der Waals surface area contributed by atoms with Gasteiger partial charge in [0, 0.05) is 10.9 Å². The summed E-state index contributed by atoms with van der Waals surface area (Å²) in [4.78, 5) is 0. The molecule has 0 radical (unpaired) electrons. The van der Waals surface area contributed by atoms with Crippen LogP contribution < -0.4 is 0 Å². The van der Waals surface area contributed by atoms with E-state index in [1.807, 2.05) is 18.2 Å². The van der Waals surface area contributed by atoms with Crippen LogP contribution >= 0.6 is 0 Å². The van der Waals surface area contributed by atoms with Crippen molar-refractivity contribution in [2.24, 2.45) is 0 Å². The Balaban J connectivity index is 1.41. The van der Waals surface area contributed by atoms with E-state index in [0.29, 0.717) is 11.1 Å². The number of rotatable bonds is 4. The van der Waals surface area contributed by atoms with Crippen LogP contribution in [0.25, 0.3) is 83.1 Å². The van der Waals surface area contributed by atoms with E-state index in [1.54, 1.807) is 0 Å². The van der Waals surface area contributed by atoms with Crippen LogP contribution in [0.15, 0.2) is 156 Å². The number of hydrogen-bond acceptors (Lipinski definition) is 1. The van der Waals surface area contributed by atoms with Gasteiger partial charge in [-0.1, -0.05) is 139 Å². The van der Waals surface area contributed by atoms with Crippen molar-refractivity contribution < 1.29 is 11.3 Å². The Labute approximate surface area is 269 Å². The van der Waals surface area contributed by atoms with Crippen molar-refractivity contribution in [2.45, 2.75) is 12.8 Å². The molecule has 0 bridgehead atoms. The Morgan fingerprint density at radius 1 is 0.533 bits per heavy atom. The second-order valence-corrected chi connectivity index (χ2v) is 11.5. The second kappa shape index (κ2) is 10.5. The molecular formula is C44H30O. The first-order chi connectivity index (χ1) is 24.4. The van der Waals surface area contributed by atoms with Gasteiger partial charge in [-0.25, -0.2) is 0 Å². The number of fused-ring (bicyclic) bond motifs is 5. The lowest BCUT2D eigenvalue weighted by Crippen LogP contribution is -1.94. The molecule has 7 aromatic carbocycles. The van der Waals surface area contributed by atoms with Crippen LogP contribution in [0.4, 0.5) is 0 Å². The number of allylic oxidation sites excluding steroid dienone is 1. The van der Waals surface area contributed by atoms with Crippen molar-refractivity contribution in [1.82, 2.24) is 0 Å². The van der Waals surface area contributed by atoms with Gasteiger partial charge in [-0.2, -0.15) is 0 Å². The van der Waals surface area contributed by atoms with Gasteiger partial charge in [0.1, 0.15) is 11.3 Å². The Hall–Kier alpha value is -5.66. The zero-order valence-electron chi connectivity index (χ0n) is 29.4. The summed E-state index contributed by atoms with van der Waals surface area (Å²) in [6.07, 6.45) is 5.65. The minimum absolute atomic E-state index is 0.183. The summed E-state index contributed by atoms with van der Waals surface area (Å²) in [7, 11) is 0. The zero-order chi connectivity index (χ0) is 34.1. The number of benzene rings is 7. The molecule has 0 saturated carbocycles. The van der Waals surface area contributed by atoms with Gasteiger partial charge in [0.15, 0.2) is 0 Å². The Kier molecular flexibility index (Phi) is 4.93. The van der Waals surface area contributed by atoms with Crippen molar-refractivity contribution in [3.05, 3.63) is 163 Å². The monoisotopic (exact) mass is 579 g/mol. The third-order valence-electron chi connectivity index (χ3n) is 9.02. The molecular weight excluding hydrogens is 544 g/mol. The standard InChI is InChI=1S/C44H30O/c1-3-15-29(16-4-1)32-19-7-8-20-33(32)43-36-23-11-9-21-34(36)42(35-22-10-12-24-37(35)43)31-27-39(30-17-5-2-6-18-30)44-38-25-13-14-26-40(38)45-41(44)28-31/h1-12,14-24,26-28H,13,25H2/i2D,5D,6D,17D,18D. The largest absolute Gasteiger partial charge is 0.456 e. The molecule has 0 N–H and O–H groups in total. The van der Waals surface area contributed by atoms with Crippen molar-refractivity contribution in [2.75, 3.05) is 0 Å². The summed E-state index contributed by atoms with van der Waals surface area (Å²) in [5, 5.41) is 5.08.